The van der Waals surface area contributed by atoms with Gasteiger partial charge in [-0.1, -0.05) is 17.7 Å². The first-order chi connectivity index (χ1) is 6.68. The fraction of sp³-hybridized carbons (Fsp3) is 0.143. The van der Waals surface area contributed by atoms with Crippen LogP contribution in [-0.4, -0.2) is 29.5 Å². The molecule has 1 N–H and O–H groups in total. The first kappa shape index (κ1) is 9.45. The molecule has 1 atom stereocenters. The molecule has 1 saturated heterocycles. The van der Waals surface area contributed by atoms with Gasteiger partial charge < -0.3 is 14.4 Å². The Bertz CT molecular complexity index is 374. The SMILES string of the molecule is O=C1OB(c2cccnc2Cl)OC1O. The van der Waals surface area contributed by atoms with Gasteiger partial charge in [-0.05, 0) is 6.07 Å². The van der Waals surface area contributed by atoms with E-state index in [1.54, 1.807) is 12.1 Å². The van der Waals surface area contributed by atoms with Crippen molar-refractivity contribution in [3.8, 4) is 0 Å². The molecule has 0 saturated carbocycles. The number of rotatable bonds is 1. The molecule has 14 heavy (non-hydrogen) atoms. The van der Waals surface area contributed by atoms with Crippen LogP contribution in [0.1, 0.15) is 0 Å². The molecule has 7 heteroatoms. The van der Waals surface area contributed by atoms with E-state index in [1.807, 2.05) is 0 Å². The molecule has 1 unspecified atom stereocenters. The number of aromatic nitrogens is 1. The molecule has 0 radical (unpaired) electrons. The van der Waals surface area contributed by atoms with Crippen LogP contribution in [0, 0.1) is 0 Å². The third kappa shape index (κ3) is 1.59. The molecule has 0 aromatic carbocycles. The van der Waals surface area contributed by atoms with E-state index in [0.29, 0.717) is 5.46 Å². The van der Waals surface area contributed by atoms with Gasteiger partial charge in [0, 0.05) is 11.7 Å². The Hall–Kier alpha value is -1.11. The second kappa shape index (κ2) is 3.57. The number of carbonyl (C=O) groups excluding carboxylic acids is 1. The Labute approximate surface area is 84.8 Å². The van der Waals surface area contributed by atoms with Crippen molar-refractivity contribution in [1.29, 1.82) is 0 Å². The van der Waals surface area contributed by atoms with E-state index in [4.69, 9.17) is 26.0 Å². The van der Waals surface area contributed by atoms with Gasteiger partial charge in [0.05, 0.1) is 0 Å². The molecule has 2 heterocycles. The van der Waals surface area contributed by atoms with Crippen LogP contribution in [-0.2, 0) is 14.1 Å². The number of nitrogens with zero attached hydrogens (tertiary/aromatic N) is 1. The van der Waals surface area contributed by atoms with Crippen LogP contribution in [0.15, 0.2) is 18.3 Å². The summed E-state index contributed by atoms with van der Waals surface area (Å²) in [6.45, 7) is 0. The predicted octanol–water partition coefficient (Wildman–Crippen LogP) is -0.678. The number of aliphatic hydroxyl groups is 1. The van der Waals surface area contributed by atoms with Crippen LogP contribution < -0.4 is 5.46 Å². The van der Waals surface area contributed by atoms with Crippen molar-refractivity contribution in [2.75, 3.05) is 0 Å². The highest BCUT2D eigenvalue weighted by molar-refractivity contribution is 6.67. The van der Waals surface area contributed by atoms with E-state index in [0.717, 1.165) is 0 Å². The van der Waals surface area contributed by atoms with E-state index < -0.39 is 19.4 Å². The second-order valence-corrected chi connectivity index (χ2v) is 3.00. The Balaban J connectivity index is 2.25. The van der Waals surface area contributed by atoms with Crippen LogP contribution in [0.4, 0.5) is 0 Å². The minimum absolute atomic E-state index is 0.180. The molecule has 1 aromatic heterocycles. The lowest BCUT2D eigenvalue weighted by atomic mass is 9.81. The van der Waals surface area contributed by atoms with Crippen LogP contribution in [0.2, 0.25) is 5.15 Å². The molecule has 1 aromatic rings. The van der Waals surface area contributed by atoms with E-state index >= 15 is 0 Å². The fourth-order valence-electron chi connectivity index (χ4n) is 1.08. The maximum atomic E-state index is 10.8. The molecule has 0 aliphatic carbocycles. The van der Waals surface area contributed by atoms with E-state index in [-0.39, 0.29) is 5.15 Å². The second-order valence-electron chi connectivity index (χ2n) is 2.64. The summed E-state index contributed by atoms with van der Waals surface area (Å²) in [7, 11) is -0.973. The quantitative estimate of drug-likeness (QED) is 0.494. The molecule has 2 rings (SSSR count). The Morgan fingerprint density at radius 2 is 2.43 bits per heavy atom. The lowest BCUT2D eigenvalue weighted by Crippen LogP contribution is -2.33. The Morgan fingerprint density at radius 3 is 3.00 bits per heavy atom. The summed E-state index contributed by atoms with van der Waals surface area (Å²) in [5.41, 5.74) is 0.416. The first-order valence-corrected chi connectivity index (χ1v) is 4.20. The summed E-state index contributed by atoms with van der Waals surface area (Å²) in [6.07, 6.45) is -0.0461. The third-order valence-corrected chi connectivity index (χ3v) is 2.04. The zero-order chi connectivity index (χ0) is 10.1. The maximum absolute atomic E-state index is 10.8. The topological polar surface area (TPSA) is 68.7 Å². The highest BCUT2D eigenvalue weighted by Crippen LogP contribution is 2.11. The molecular weight excluding hydrogens is 208 g/mol. The van der Waals surface area contributed by atoms with E-state index in [1.165, 1.54) is 6.20 Å². The number of aliphatic hydroxyl groups excluding tert-OH is 1. The molecule has 72 valence electrons. The van der Waals surface area contributed by atoms with Crippen molar-refractivity contribution >= 4 is 30.2 Å². The van der Waals surface area contributed by atoms with Crippen molar-refractivity contribution in [2.45, 2.75) is 6.29 Å². The molecule has 0 spiro atoms. The number of carbonyl (C=O) groups is 1. The summed E-state index contributed by atoms with van der Waals surface area (Å²) < 4.78 is 9.50. The van der Waals surface area contributed by atoms with Gasteiger partial charge in [-0.15, -0.1) is 0 Å². The molecule has 1 aliphatic heterocycles. The Morgan fingerprint density at radius 1 is 1.64 bits per heavy atom. The van der Waals surface area contributed by atoms with Gasteiger partial charge in [0.15, 0.2) is 0 Å². The van der Waals surface area contributed by atoms with Gasteiger partial charge >= 0.3 is 13.1 Å². The number of pyridine rings is 1. The van der Waals surface area contributed by atoms with Crippen molar-refractivity contribution < 1.29 is 19.2 Å². The molecule has 1 aliphatic rings. The summed E-state index contributed by atoms with van der Waals surface area (Å²) in [5.74, 6) is -0.824. The van der Waals surface area contributed by atoms with Gasteiger partial charge in [0.1, 0.15) is 5.15 Å². The van der Waals surface area contributed by atoms with Gasteiger partial charge in [-0.3, -0.25) is 0 Å². The molecular formula is C7H5BClNO4. The monoisotopic (exact) mass is 213 g/mol. The number of halogens is 1. The van der Waals surface area contributed by atoms with Crippen LogP contribution in [0.25, 0.3) is 0 Å². The summed E-state index contributed by atoms with van der Waals surface area (Å²) in [4.78, 5) is 14.6. The lowest BCUT2D eigenvalue weighted by Gasteiger charge is -2.03. The zero-order valence-electron chi connectivity index (χ0n) is 6.88. The molecule has 1 fully saturated rings. The van der Waals surface area contributed by atoms with Gasteiger partial charge in [-0.25, -0.2) is 9.78 Å². The van der Waals surface area contributed by atoms with Crippen molar-refractivity contribution in [3.63, 3.8) is 0 Å². The van der Waals surface area contributed by atoms with Gasteiger partial charge in [0.25, 0.3) is 0 Å². The molecule has 5 nitrogen and oxygen atoms in total. The maximum Gasteiger partial charge on any atom is 0.570 e. The highest BCUT2D eigenvalue weighted by atomic mass is 35.5. The van der Waals surface area contributed by atoms with E-state index in [9.17, 15) is 4.79 Å². The molecule has 0 bridgehead atoms. The summed E-state index contributed by atoms with van der Waals surface area (Å²) >= 11 is 5.74. The normalized spacial score (nSPS) is 21.1. The zero-order valence-corrected chi connectivity index (χ0v) is 7.64. The minimum Gasteiger partial charge on any atom is -0.502 e. The fourth-order valence-corrected chi connectivity index (χ4v) is 1.28. The van der Waals surface area contributed by atoms with Crippen LogP contribution in [0.3, 0.4) is 0 Å². The number of hydrogen-bond donors (Lipinski definition) is 1. The average molecular weight is 213 g/mol. The lowest BCUT2D eigenvalue weighted by molar-refractivity contribution is -0.148. The molecule has 0 amide bonds. The smallest absolute Gasteiger partial charge is 0.502 e. The third-order valence-electron chi connectivity index (χ3n) is 1.72. The van der Waals surface area contributed by atoms with Crippen LogP contribution >= 0.6 is 11.6 Å². The van der Waals surface area contributed by atoms with Crippen molar-refractivity contribution in [2.24, 2.45) is 0 Å². The largest absolute Gasteiger partial charge is 0.570 e. The van der Waals surface area contributed by atoms with Gasteiger partial charge in [0.2, 0.25) is 6.29 Å². The van der Waals surface area contributed by atoms with Crippen LogP contribution in [0.5, 0.6) is 0 Å². The van der Waals surface area contributed by atoms with E-state index in [2.05, 4.69) is 4.98 Å². The van der Waals surface area contributed by atoms with Gasteiger partial charge in [-0.2, -0.15) is 0 Å². The Kier molecular flexibility index (Phi) is 2.41. The van der Waals surface area contributed by atoms with Crippen molar-refractivity contribution in [3.05, 3.63) is 23.5 Å². The average Bonchev–Trinajstić information content (AvgIpc) is 2.48. The van der Waals surface area contributed by atoms with Crippen molar-refractivity contribution in [1.82, 2.24) is 4.98 Å². The summed E-state index contributed by atoms with van der Waals surface area (Å²) in [5, 5.41) is 9.14. The predicted molar refractivity (Wildman–Crippen MR) is 47.8 cm³/mol. The number of hydrogen-bond acceptors (Lipinski definition) is 5. The minimum atomic E-state index is -1.55. The first-order valence-electron chi connectivity index (χ1n) is 3.83. The highest BCUT2D eigenvalue weighted by Gasteiger charge is 2.41. The standard InChI is InChI=1S/C7H5BClNO4/c9-5-4(2-1-3-10-5)8-13-6(11)7(12)14-8/h1-3,6,11H. The summed E-state index contributed by atoms with van der Waals surface area (Å²) in [6, 6.07) is 3.23.